The summed E-state index contributed by atoms with van der Waals surface area (Å²) in [6.07, 6.45) is 0.754. The molecule has 0 saturated heterocycles. The second kappa shape index (κ2) is 4.45. The van der Waals surface area contributed by atoms with Crippen LogP contribution in [0.15, 0.2) is 35.5 Å². The number of hydrogen-bond donors (Lipinski definition) is 1. The van der Waals surface area contributed by atoms with E-state index >= 15 is 0 Å². The van der Waals surface area contributed by atoms with E-state index in [1.807, 2.05) is 30.3 Å². The topological polar surface area (TPSA) is 41.8 Å². The van der Waals surface area contributed by atoms with E-state index in [0.29, 0.717) is 0 Å². The van der Waals surface area contributed by atoms with Gasteiger partial charge in [0.2, 0.25) is 0 Å². The Labute approximate surface area is 89.4 Å². The first-order valence-corrected chi connectivity index (χ1v) is 5.26. The van der Waals surface area contributed by atoms with Gasteiger partial charge < -0.3 is 9.94 Å². The third-order valence-electron chi connectivity index (χ3n) is 2.78. The number of aliphatic hydroxyl groups excluding tert-OH is 1. The summed E-state index contributed by atoms with van der Waals surface area (Å²) in [5, 5.41) is 13.2. The predicted molar refractivity (Wildman–Crippen MR) is 58.7 cm³/mol. The fourth-order valence-electron chi connectivity index (χ4n) is 1.93. The number of rotatable bonds is 3. The highest BCUT2D eigenvalue weighted by Gasteiger charge is 2.32. The maximum atomic E-state index is 9.13. The zero-order valence-corrected chi connectivity index (χ0v) is 8.76. The van der Waals surface area contributed by atoms with Crippen molar-refractivity contribution in [1.29, 1.82) is 0 Å². The van der Waals surface area contributed by atoms with Gasteiger partial charge in [-0.05, 0) is 12.0 Å². The lowest BCUT2D eigenvalue weighted by atomic mass is 9.90. The van der Waals surface area contributed by atoms with Crippen molar-refractivity contribution >= 4 is 5.71 Å². The summed E-state index contributed by atoms with van der Waals surface area (Å²) in [4.78, 5) is 5.21. The quantitative estimate of drug-likeness (QED) is 0.817. The van der Waals surface area contributed by atoms with Crippen LogP contribution in [0.3, 0.4) is 0 Å². The smallest absolute Gasteiger partial charge is 0.158 e. The Morgan fingerprint density at radius 2 is 2.07 bits per heavy atom. The summed E-state index contributed by atoms with van der Waals surface area (Å²) in [5.41, 5.74) is 2.04. The van der Waals surface area contributed by atoms with Crippen LogP contribution in [0.4, 0.5) is 0 Å². The SMILES string of the molecule is CC[C@H]1C(c2ccccc2)=NO[C@@H]1CO. The van der Waals surface area contributed by atoms with Gasteiger partial charge in [-0.25, -0.2) is 0 Å². The van der Waals surface area contributed by atoms with Crippen LogP contribution in [-0.4, -0.2) is 23.5 Å². The van der Waals surface area contributed by atoms with Crippen LogP contribution in [0.2, 0.25) is 0 Å². The fraction of sp³-hybridized carbons (Fsp3) is 0.417. The molecule has 0 fully saturated rings. The van der Waals surface area contributed by atoms with E-state index in [2.05, 4.69) is 12.1 Å². The van der Waals surface area contributed by atoms with E-state index in [0.717, 1.165) is 17.7 Å². The van der Waals surface area contributed by atoms with Crippen molar-refractivity contribution in [2.45, 2.75) is 19.4 Å². The highest BCUT2D eigenvalue weighted by molar-refractivity contribution is 6.02. The van der Waals surface area contributed by atoms with Gasteiger partial charge in [0, 0.05) is 5.92 Å². The van der Waals surface area contributed by atoms with E-state index in [-0.39, 0.29) is 18.6 Å². The van der Waals surface area contributed by atoms with Crippen molar-refractivity contribution in [2.75, 3.05) is 6.61 Å². The summed E-state index contributed by atoms with van der Waals surface area (Å²) < 4.78 is 0. The van der Waals surface area contributed by atoms with Crippen molar-refractivity contribution in [3.63, 3.8) is 0 Å². The van der Waals surface area contributed by atoms with Crippen molar-refractivity contribution in [3.8, 4) is 0 Å². The maximum Gasteiger partial charge on any atom is 0.158 e. The summed E-state index contributed by atoms with van der Waals surface area (Å²) in [6.45, 7) is 2.11. The summed E-state index contributed by atoms with van der Waals surface area (Å²) in [5.74, 6) is 0.206. The van der Waals surface area contributed by atoms with E-state index in [1.165, 1.54) is 0 Å². The van der Waals surface area contributed by atoms with Crippen LogP contribution < -0.4 is 0 Å². The number of benzene rings is 1. The first-order valence-electron chi connectivity index (χ1n) is 5.26. The van der Waals surface area contributed by atoms with Crippen LogP contribution in [0.25, 0.3) is 0 Å². The number of oxime groups is 1. The summed E-state index contributed by atoms with van der Waals surface area (Å²) >= 11 is 0. The van der Waals surface area contributed by atoms with Gasteiger partial charge in [0.25, 0.3) is 0 Å². The molecular weight excluding hydrogens is 190 g/mol. The van der Waals surface area contributed by atoms with Gasteiger partial charge in [0.05, 0.1) is 12.3 Å². The molecule has 1 aliphatic rings. The lowest BCUT2D eigenvalue weighted by Gasteiger charge is -2.14. The summed E-state index contributed by atoms with van der Waals surface area (Å²) in [6, 6.07) is 9.98. The zero-order chi connectivity index (χ0) is 10.7. The fourth-order valence-corrected chi connectivity index (χ4v) is 1.93. The van der Waals surface area contributed by atoms with Gasteiger partial charge in [0.15, 0.2) is 6.10 Å². The third kappa shape index (κ3) is 1.88. The zero-order valence-electron chi connectivity index (χ0n) is 8.76. The Hall–Kier alpha value is -1.35. The minimum atomic E-state index is -0.176. The first-order chi connectivity index (χ1) is 7.36. The van der Waals surface area contributed by atoms with Gasteiger partial charge in [-0.1, -0.05) is 42.4 Å². The largest absolute Gasteiger partial charge is 0.392 e. The third-order valence-corrected chi connectivity index (χ3v) is 2.78. The van der Waals surface area contributed by atoms with Crippen LogP contribution >= 0.6 is 0 Å². The Morgan fingerprint density at radius 3 is 2.67 bits per heavy atom. The molecule has 0 radical (unpaired) electrons. The van der Waals surface area contributed by atoms with Crippen LogP contribution in [0.5, 0.6) is 0 Å². The van der Waals surface area contributed by atoms with E-state index in [1.54, 1.807) is 0 Å². The molecule has 0 unspecified atom stereocenters. The Kier molecular flexibility index (Phi) is 3.02. The Bertz CT molecular complexity index is 348. The molecule has 1 aromatic rings. The Balaban J connectivity index is 2.24. The average Bonchev–Trinajstić information content (AvgIpc) is 2.72. The molecule has 1 aromatic carbocycles. The molecule has 0 bridgehead atoms. The van der Waals surface area contributed by atoms with Crippen LogP contribution in [0.1, 0.15) is 18.9 Å². The molecule has 1 heterocycles. The lowest BCUT2D eigenvalue weighted by Crippen LogP contribution is -2.26. The average molecular weight is 205 g/mol. The predicted octanol–water partition coefficient (Wildman–Crippen LogP) is 1.81. The van der Waals surface area contributed by atoms with Crippen molar-refractivity contribution in [3.05, 3.63) is 35.9 Å². The molecule has 3 heteroatoms. The van der Waals surface area contributed by atoms with E-state index < -0.39 is 0 Å². The highest BCUT2D eigenvalue weighted by atomic mass is 16.6. The second-order valence-corrected chi connectivity index (χ2v) is 3.68. The maximum absolute atomic E-state index is 9.13. The van der Waals surface area contributed by atoms with Crippen LogP contribution in [0, 0.1) is 5.92 Å². The molecule has 0 saturated carbocycles. The van der Waals surface area contributed by atoms with Gasteiger partial charge in [-0.3, -0.25) is 0 Å². The molecule has 0 aromatic heterocycles. The molecule has 1 N–H and O–H groups in total. The standard InChI is InChI=1S/C12H15NO2/c1-2-10-11(8-14)15-13-12(10)9-6-4-3-5-7-9/h3-7,10-11,14H,2,8H2,1H3/t10-,11-/m1/s1. The normalized spacial score (nSPS) is 24.8. The first kappa shape index (κ1) is 10.2. The molecular formula is C12H15NO2. The highest BCUT2D eigenvalue weighted by Crippen LogP contribution is 2.25. The van der Waals surface area contributed by atoms with E-state index in [4.69, 9.17) is 9.94 Å². The Morgan fingerprint density at radius 1 is 1.33 bits per heavy atom. The minimum Gasteiger partial charge on any atom is -0.392 e. The summed E-state index contributed by atoms with van der Waals surface area (Å²) in [7, 11) is 0. The van der Waals surface area contributed by atoms with Gasteiger partial charge in [0.1, 0.15) is 0 Å². The van der Waals surface area contributed by atoms with E-state index in [9.17, 15) is 0 Å². The van der Waals surface area contributed by atoms with Gasteiger partial charge in [-0.15, -0.1) is 0 Å². The number of nitrogens with zero attached hydrogens (tertiary/aromatic N) is 1. The number of hydrogen-bond acceptors (Lipinski definition) is 3. The minimum absolute atomic E-state index is 0.0261. The molecule has 2 rings (SSSR count). The number of aliphatic hydroxyl groups is 1. The molecule has 15 heavy (non-hydrogen) atoms. The molecule has 0 amide bonds. The van der Waals surface area contributed by atoms with Gasteiger partial charge >= 0.3 is 0 Å². The van der Waals surface area contributed by atoms with Crippen molar-refractivity contribution in [1.82, 2.24) is 0 Å². The van der Waals surface area contributed by atoms with Crippen LogP contribution in [-0.2, 0) is 4.84 Å². The van der Waals surface area contributed by atoms with Crippen molar-refractivity contribution < 1.29 is 9.94 Å². The molecule has 2 atom stereocenters. The van der Waals surface area contributed by atoms with Gasteiger partial charge in [-0.2, -0.15) is 0 Å². The monoisotopic (exact) mass is 205 g/mol. The molecule has 0 aliphatic carbocycles. The molecule has 3 nitrogen and oxygen atoms in total. The molecule has 0 spiro atoms. The molecule has 1 aliphatic heterocycles. The van der Waals surface area contributed by atoms with Crippen molar-refractivity contribution in [2.24, 2.45) is 11.1 Å². The lowest BCUT2D eigenvalue weighted by molar-refractivity contribution is 0.0172. The molecule has 80 valence electrons. The second-order valence-electron chi connectivity index (χ2n) is 3.68.